The van der Waals surface area contributed by atoms with Gasteiger partial charge in [-0.25, -0.2) is 4.39 Å². The second-order valence-corrected chi connectivity index (χ2v) is 6.78. The van der Waals surface area contributed by atoms with Crippen LogP contribution in [0.2, 0.25) is 0 Å². The van der Waals surface area contributed by atoms with E-state index in [0.717, 1.165) is 6.42 Å². The maximum Gasteiger partial charge on any atom is 0.254 e. The van der Waals surface area contributed by atoms with Crippen LogP contribution in [0, 0.1) is 11.7 Å². The summed E-state index contributed by atoms with van der Waals surface area (Å²) in [7, 11) is 1.66. The molecule has 0 aliphatic heterocycles. The quantitative estimate of drug-likeness (QED) is 0.663. The van der Waals surface area contributed by atoms with Gasteiger partial charge in [-0.05, 0) is 30.2 Å². The highest BCUT2D eigenvalue weighted by Crippen LogP contribution is 2.21. The number of carbonyl (C=O) groups excluding carboxylic acids is 1. The van der Waals surface area contributed by atoms with E-state index in [1.54, 1.807) is 31.3 Å². The van der Waals surface area contributed by atoms with Crippen LogP contribution in [0.15, 0.2) is 47.1 Å². The number of aromatic nitrogens is 3. The number of halogens is 1. The van der Waals surface area contributed by atoms with E-state index in [2.05, 4.69) is 29.0 Å². The maximum atomic E-state index is 14.0. The molecular weight excluding hydrogens is 347 g/mol. The summed E-state index contributed by atoms with van der Waals surface area (Å²) >= 11 is 0. The van der Waals surface area contributed by atoms with Gasteiger partial charge in [0.1, 0.15) is 11.5 Å². The highest BCUT2D eigenvalue weighted by molar-refractivity contribution is 5.95. The summed E-state index contributed by atoms with van der Waals surface area (Å²) < 4.78 is 19.2. The number of hydrogen-bond acceptors (Lipinski definition) is 5. The Morgan fingerprint density at radius 3 is 2.81 bits per heavy atom. The third-order valence-electron chi connectivity index (χ3n) is 3.96. The molecule has 2 aromatic heterocycles. The number of nitrogens with zero attached hydrogens (tertiary/aromatic N) is 4. The van der Waals surface area contributed by atoms with E-state index >= 15 is 0 Å². The van der Waals surface area contributed by atoms with E-state index in [4.69, 9.17) is 4.52 Å². The molecule has 7 heteroatoms. The van der Waals surface area contributed by atoms with Crippen molar-refractivity contribution in [2.75, 3.05) is 7.05 Å². The summed E-state index contributed by atoms with van der Waals surface area (Å²) in [6, 6.07) is 9.60. The highest BCUT2D eigenvalue weighted by atomic mass is 19.1. The van der Waals surface area contributed by atoms with Crippen molar-refractivity contribution in [3.8, 4) is 11.3 Å². The van der Waals surface area contributed by atoms with Gasteiger partial charge in [-0.3, -0.25) is 9.78 Å². The monoisotopic (exact) mass is 368 g/mol. The molecular formula is C20H21FN4O2. The molecule has 0 saturated heterocycles. The van der Waals surface area contributed by atoms with Crippen LogP contribution in [0.4, 0.5) is 4.39 Å². The zero-order valence-corrected chi connectivity index (χ0v) is 15.5. The predicted molar refractivity (Wildman–Crippen MR) is 98.3 cm³/mol. The molecule has 0 bridgehead atoms. The number of amides is 1. The van der Waals surface area contributed by atoms with Crippen molar-refractivity contribution < 1.29 is 13.7 Å². The molecule has 2 heterocycles. The van der Waals surface area contributed by atoms with E-state index in [1.807, 2.05) is 0 Å². The number of rotatable bonds is 6. The fraction of sp³-hybridized carbons (Fsp3) is 0.300. The van der Waals surface area contributed by atoms with Gasteiger partial charge < -0.3 is 9.42 Å². The third kappa shape index (κ3) is 4.55. The number of carbonyl (C=O) groups is 1. The first-order valence-corrected chi connectivity index (χ1v) is 8.72. The second-order valence-electron chi connectivity index (χ2n) is 6.78. The topological polar surface area (TPSA) is 72.1 Å². The lowest BCUT2D eigenvalue weighted by molar-refractivity contribution is 0.0769. The van der Waals surface area contributed by atoms with Gasteiger partial charge in [0.05, 0.1) is 6.54 Å². The van der Waals surface area contributed by atoms with Crippen LogP contribution in [-0.2, 0) is 13.0 Å². The lowest BCUT2D eigenvalue weighted by Gasteiger charge is -2.15. The van der Waals surface area contributed by atoms with Crippen molar-refractivity contribution in [3.05, 3.63) is 65.7 Å². The molecule has 0 saturated carbocycles. The van der Waals surface area contributed by atoms with Crippen molar-refractivity contribution in [3.63, 3.8) is 0 Å². The van der Waals surface area contributed by atoms with Gasteiger partial charge in [-0.15, -0.1) is 0 Å². The second kappa shape index (κ2) is 8.07. The fourth-order valence-electron chi connectivity index (χ4n) is 2.70. The number of pyridine rings is 1. The molecule has 3 aromatic rings. The average Bonchev–Trinajstić information content (AvgIpc) is 3.07. The fourth-order valence-corrected chi connectivity index (χ4v) is 2.70. The Morgan fingerprint density at radius 1 is 1.26 bits per heavy atom. The van der Waals surface area contributed by atoms with Crippen LogP contribution in [0.3, 0.4) is 0 Å². The first-order chi connectivity index (χ1) is 12.9. The first kappa shape index (κ1) is 18.7. The van der Waals surface area contributed by atoms with Crippen molar-refractivity contribution >= 4 is 5.91 Å². The van der Waals surface area contributed by atoms with Crippen molar-refractivity contribution in [2.24, 2.45) is 5.92 Å². The summed E-state index contributed by atoms with van der Waals surface area (Å²) in [6.45, 7) is 4.35. The molecule has 1 aromatic carbocycles. The molecule has 140 valence electrons. The van der Waals surface area contributed by atoms with E-state index in [9.17, 15) is 9.18 Å². The Labute approximate surface area is 157 Å². The predicted octanol–water partition coefficient (Wildman–Crippen LogP) is 3.74. The number of benzene rings is 1. The van der Waals surface area contributed by atoms with Gasteiger partial charge in [-0.1, -0.05) is 31.1 Å². The van der Waals surface area contributed by atoms with Crippen LogP contribution < -0.4 is 0 Å². The van der Waals surface area contributed by atoms with Crippen LogP contribution in [0.25, 0.3) is 11.3 Å². The molecule has 0 spiro atoms. The van der Waals surface area contributed by atoms with Crippen molar-refractivity contribution in [1.29, 1.82) is 0 Å². The smallest absolute Gasteiger partial charge is 0.254 e. The summed E-state index contributed by atoms with van der Waals surface area (Å²) in [5.74, 6) is 0.780. The molecule has 0 N–H and O–H groups in total. The molecule has 3 rings (SSSR count). The van der Waals surface area contributed by atoms with Crippen molar-refractivity contribution in [2.45, 2.75) is 26.8 Å². The van der Waals surface area contributed by atoms with E-state index in [-0.39, 0.29) is 18.1 Å². The lowest BCUT2D eigenvalue weighted by atomic mass is 10.1. The van der Waals surface area contributed by atoms with Gasteiger partial charge in [0.15, 0.2) is 5.82 Å². The zero-order chi connectivity index (χ0) is 19.4. The van der Waals surface area contributed by atoms with E-state index in [1.165, 1.54) is 23.2 Å². The minimum absolute atomic E-state index is 0.201. The zero-order valence-electron chi connectivity index (χ0n) is 15.5. The minimum atomic E-state index is -0.431. The summed E-state index contributed by atoms with van der Waals surface area (Å²) in [5.41, 5.74) is 1.19. The van der Waals surface area contributed by atoms with Crippen molar-refractivity contribution in [1.82, 2.24) is 20.0 Å². The van der Waals surface area contributed by atoms with Crippen LogP contribution in [-0.4, -0.2) is 33.0 Å². The summed E-state index contributed by atoms with van der Waals surface area (Å²) in [4.78, 5) is 22.6. The van der Waals surface area contributed by atoms with Gasteiger partial charge in [0.25, 0.3) is 5.91 Å². The van der Waals surface area contributed by atoms with E-state index < -0.39 is 5.82 Å². The molecule has 27 heavy (non-hydrogen) atoms. The van der Waals surface area contributed by atoms with Gasteiger partial charge in [-0.2, -0.15) is 4.98 Å². The molecule has 0 radical (unpaired) electrons. The molecule has 0 unspecified atom stereocenters. The van der Waals surface area contributed by atoms with Crippen LogP contribution >= 0.6 is 0 Å². The normalized spacial score (nSPS) is 11.0. The standard InChI is InChI=1S/C20H21FN4O2/c1-13(2)10-17-23-18(27-24-17)12-25(3)20(26)15-7-4-6-14(11-15)19-16(21)8-5-9-22-19/h4-9,11,13H,10,12H2,1-3H3. The summed E-state index contributed by atoms with van der Waals surface area (Å²) in [5, 5.41) is 3.93. The summed E-state index contributed by atoms with van der Waals surface area (Å²) in [6.07, 6.45) is 2.24. The molecule has 1 amide bonds. The Bertz CT molecular complexity index is 939. The molecule has 6 nitrogen and oxygen atoms in total. The van der Waals surface area contributed by atoms with Crippen LogP contribution in [0.1, 0.15) is 35.9 Å². The lowest BCUT2D eigenvalue weighted by Crippen LogP contribution is -2.26. The van der Waals surface area contributed by atoms with Gasteiger partial charge in [0, 0.05) is 30.8 Å². The largest absolute Gasteiger partial charge is 0.337 e. The first-order valence-electron chi connectivity index (χ1n) is 8.72. The van der Waals surface area contributed by atoms with Gasteiger partial charge in [0.2, 0.25) is 5.89 Å². The van der Waals surface area contributed by atoms with E-state index in [0.29, 0.717) is 28.8 Å². The average molecular weight is 368 g/mol. The highest BCUT2D eigenvalue weighted by Gasteiger charge is 2.17. The maximum absolute atomic E-state index is 14.0. The van der Waals surface area contributed by atoms with Gasteiger partial charge >= 0.3 is 0 Å². The Hall–Kier alpha value is -3.09. The molecule has 0 aliphatic carbocycles. The SMILES string of the molecule is CC(C)Cc1noc(CN(C)C(=O)c2cccc(-c3ncccc3F)c2)n1. The minimum Gasteiger partial charge on any atom is -0.337 e. The Balaban J connectivity index is 1.74. The Kier molecular flexibility index (Phi) is 5.59. The molecule has 0 atom stereocenters. The number of hydrogen-bond donors (Lipinski definition) is 0. The van der Waals surface area contributed by atoms with Crippen LogP contribution in [0.5, 0.6) is 0 Å². The third-order valence-corrected chi connectivity index (χ3v) is 3.96. The Morgan fingerprint density at radius 2 is 2.07 bits per heavy atom. The molecule has 0 fully saturated rings. The molecule has 0 aliphatic rings.